The molecule has 2 aliphatic heterocycles. The Hall–Kier alpha value is -2.45. The zero-order chi connectivity index (χ0) is 19.0. The molecule has 2 aromatic carbocycles. The fourth-order valence-corrected chi connectivity index (χ4v) is 4.18. The number of imide groups is 1. The number of hydrazone groups is 1. The molecule has 1 atom stereocenters. The number of amides is 2. The molecule has 4 rings (SSSR count). The van der Waals surface area contributed by atoms with Crippen molar-refractivity contribution in [3.8, 4) is 0 Å². The summed E-state index contributed by atoms with van der Waals surface area (Å²) in [6, 6.07) is 14.3. The summed E-state index contributed by atoms with van der Waals surface area (Å²) in [5.74, 6) is -0.0246. The first-order valence-electron chi connectivity index (χ1n) is 8.31. The summed E-state index contributed by atoms with van der Waals surface area (Å²) in [7, 11) is 0. The molecule has 136 valence electrons. The number of thioether (sulfide) groups is 1. The summed E-state index contributed by atoms with van der Waals surface area (Å²) in [5, 5.41) is 5.04. The van der Waals surface area contributed by atoms with Gasteiger partial charge in [0.05, 0.1) is 28.6 Å². The second kappa shape index (κ2) is 7.28. The van der Waals surface area contributed by atoms with Gasteiger partial charge in [0.2, 0.25) is 0 Å². The Morgan fingerprint density at radius 2 is 1.89 bits per heavy atom. The highest BCUT2D eigenvalue weighted by molar-refractivity contribution is 9.10. The van der Waals surface area contributed by atoms with E-state index in [4.69, 9.17) is 0 Å². The molecule has 0 bridgehead atoms. The van der Waals surface area contributed by atoms with Gasteiger partial charge < -0.3 is 0 Å². The predicted octanol–water partition coefficient (Wildman–Crippen LogP) is 3.81. The molecule has 0 fully saturated rings. The Labute approximate surface area is 168 Å². The van der Waals surface area contributed by atoms with Crippen molar-refractivity contribution >= 4 is 56.1 Å². The fraction of sp³-hybridized carbons (Fsp3) is 0.158. The van der Waals surface area contributed by atoms with Gasteiger partial charge in [0.25, 0.3) is 11.8 Å². The van der Waals surface area contributed by atoms with Gasteiger partial charge in [-0.15, -0.1) is 0 Å². The Morgan fingerprint density at radius 3 is 2.59 bits per heavy atom. The molecule has 2 amide bonds. The van der Waals surface area contributed by atoms with Crippen LogP contribution < -0.4 is 5.43 Å². The maximum absolute atomic E-state index is 12.7. The fourth-order valence-electron chi connectivity index (χ4n) is 2.95. The number of nitrogens with zero attached hydrogens (tertiary/aromatic N) is 3. The van der Waals surface area contributed by atoms with E-state index in [1.54, 1.807) is 18.2 Å². The molecule has 1 N–H and O–H groups in total. The number of aliphatic imine (C=N–C) groups is 1. The van der Waals surface area contributed by atoms with Gasteiger partial charge in [-0.25, -0.2) is 4.99 Å². The number of carbonyl (C=O) groups excluding carboxylic acids is 2. The summed E-state index contributed by atoms with van der Waals surface area (Å²) in [6.07, 6.45) is 0. The van der Waals surface area contributed by atoms with Gasteiger partial charge >= 0.3 is 0 Å². The van der Waals surface area contributed by atoms with Crippen LogP contribution in [0.2, 0.25) is 0 Å². The third-order valence-electron chi connectivity index (χ3n) is 4.39. The first-order chi connectivity index (χ1) is 13.0. The number of rotatable bonds is 3. The zero-order valence-electron chi connectivity index (χ0n) is 14.3. The number of halogens is 1. The summed E-state index contributed by atoms with van der Waals surface area (Å²) in [4.78, 5) is 31.2. The van der Waals surface area contributed by atoms with Crippen molar-refractivity contribution in [2.24, 2.45) is 10.1 Å². The standard InChI is InChI=1S/C19H15BrN4O2S/c1-11(24-17(25)14-8-7-12(20)9-15(14)18(24)26)16-10-27-19(23-22-16)21-13-5-3-2-4-6-13/h2-9,11H,10H2,1H3,(H,21,23). The Morgan fingerprint density at radius 1 is 1.15 bits per heavy atom. The van der Waals surface area contributed by atoms with Crippen LogP contribution >= 0.6 is 27.7 Å². The number of para-hydroxylation sites is 1. The Kier molecular flexibility index (Phi) is 4.84. The lowest BCUT2D eigenvalue weighted by molar-refractivity contribution is 0.0634. The lowest BCUT2D eigenvalue weighted by Crippen LogP contribution is -2.45. The molecule has 0 spiro atoms. The van der Waals surface area contributed by atoms with E-state index in [1.807, 2.05) is 37.3 Å². The third kappa shape index (κ3) is 3.42. The second-order valence-corrected chi connectivity index (χ2v) is 7.98. The summed E-state index contributed by atoms with van der Waals surface area (Å²) in [5.41, 5.74) is 5.34. The van der Waals surface area contributed by atoms with Crippen LogP contribution in [0, 0.1) is 0 Å². The molecule has 2 aromatic rings. The van der Waals surface area contributed by atoms with E-state index in [1.165, 1.54) is 16.7 Å². The summed E-state index contributed by atoms with van der Waals surface area (Å²) >= 11 is 4.84. The van der Waals surface area contributed by atoms with Crippen molar-refractivity contribution in [1.29, 1.82) is 0 Å². The van der Waals surface area contributed by atoms with E-state index in [0.29, 0.717) is 22.0 Å². The molecule has 0 radical (unpaired) electrons. The van der Waals surface area contributed by atoms with Crippen molar-refractivity contribution < 1.29 is 9.59 Å². The predicted molar refractivity (Wildman–Crippen MR) is 111 cm³/mol. The van der Waals surface area contributed by atoms with Crippen molar-refractivity contribution in [3.05, 3.63) is 64.1 Å². The summed E-state index contributed by atoms with van der Waals surface area (Å²) in [6.45, 7) is 1.82. The average Bonchev–Trinajstić information content (AvgIpc) is 2.92. The number of fused-ring (bicyclic) bond motifs is 1. The van der Waals surface area contributed by atoms with Gasteiger partial charge in [0.15, 0.2) is 5.17 Å². The van der Waals surface area contributed by atoms with Crippen molar-refractivity contribution in [3.63, 3.8) is 0 Å². The number of carbonyl (C=O) groups is 2. The third-order valence-corrected chi connectivity index (χ3v) is 5.78. The highest BCUT2D eigenvalue weighted by Crippen LogP contribution is 2.28. The molecule has 2 aliphatic rings. The monoisotopic (exact) mass is 442 g/mol. The van der Waals surface area contributed by atoms with Crippen LogP contribution in [0.3, 0.4) is 0 Å². The van der Waals surface area contributed by atoms with Crippen LogP contribution in [0.5, 0.6) is 0 Å². The van der Waals surface area contributed by atoms with E-state index in [-0.39, 0.29) is 11.8 Å². The molecule has 6 nitrogen and oxygen atoms in total. The van der Waals surface area contributed by atoms with E-state index >= 15 is 0 Å². The zero-order valence-corrected chi connectivity index (χ0v) is 16.8. The maximum Gasteiger partial charge on any atom is 0.262 e. The van der Waals surface area contributed by atoms with Crippen LogP contribution in [-0.2, 0) is 0 Å². The van der Waals surface area contributed by atoms with Crippen LogP contribution in [0.1, 0.15) is 27.6 Å². The molecule has 2 heterocycles. The van der Waals surface area contributed by atoms with Crippen LogP contribution in [0.4, 0.5) is 5.69 Å². The molecule has 0 saturated heterocycles. The van der Waals surface area contributed by atoms with Crippen LogP contribution in [0.25, 0.3) is 0 Å². The SMILES string of the molecule is CC(C1=NNC(=Nc2ccccc2)SC1)N1C(=O)c2ccc(Br)cc2C1=O. The first kappa shape index (κ1) is 17.9. The van der Waals surface area contributed by atoms with Crippen molar-refractivity contribution in [1.82, 2.24) is 10.3 Å². The number of hydrogen-bond acceptors (Lipinski definition) is 5. The molecule has 0 aliphatic carbocycles. The number of nitrogens with one attached hydrogen (secondary N) is 1. The highest BCUT2D eigenvalue weighted by atomic mass is 79.9. The number of hydrogen-bond donors (Lipinski definition) is 1. The smallest absolute Gasteiger partial charge is 0.262 e. The van der Waals surface area contributed by atoms with Gasteiger partial charge in [0, 0.05) is 10.2 Å². The highest BCUT2D eigenvalue weighted by Gasteiger charge is 2.40. The van der Waals surface area contributed by atoms with Gasteiger partial charge in [-0.1, -0.05) is 45.9 Å². The molecule has 0 aromatic heterocycles. The van der Waals surface area contributed by atoms with Gasteiger partial charge in [0.1, 0.15) is 0 Å². The molecular weight excluding hydrogens is 428 g/mol. The molecular formula is C19H15BrN4O2S. The number of amidine groups is 1. The van der Waals surface area contributed by atoms with E-state index in [9.17, 15) is 9.59 Å². The van der Waals surface area contributed by atoms with Gasteiger partial charge in [-0.2, -0.15) is 5.10 Å². The maximum atomic E-state index is 12.7. The molecule has 0 saturated carbocycles. The first-order valence-corrected chi connectivity index (χ1v) is 10.1. The second-order valence-electron chi connectivity index (χ2n) is 6.10. The quantitative estimate of drug-likeness (QED) is 0.733. The molecule has 8 heteroatoms. The van der Waals surface area contributed by atoms with Gasteiger partial charge in [-0.05, 0) is 37.3 Å². The largest absolute Gasteiger partial charge is 0.269 e. The lowest BCUT2D eigenvalue weighted by atomic mass is 10.1. The van der Waals surface area contributed by atoms with Crippen molar-refractivity contribution in [2.45, 2.75) is 13.0 Å². The minimum Gasteiger partial charge on any atom is -0.269 e. The molecule has 1 unspecified atom stereocenters. The van der Waals surface area contributed by atoms with Gasteiger partial charge in [-0.3, -0.25) is 19.9 Å². The van der Waals surface area contributed by atoms with E-state index in [2.05, 4.69) is 31.4 Å². The normalized spacial score (nSPS) is 19.0. The minimum absolute atomic E-state index is 0.286. The number of benzene rings is 2. The lowest BCUT2D eigenvalue weighted by Gasteiger charge is -2.26. The topological polar surface area (TPSA) is 74.1 Å². The average molecular weight is 443 g/mol. The van der Waals surface area contributed by atoms with E-state index in [0.717, 1.165) is 15.9 Å². The van der Waals surface area contributed by atoms with Crippen molar-refractivity contribution in [2.75, 3.05) is 5.75 Å². The summed E-state index contributed by atoms with van der Waals surface area (Å²) < 4.78 is 0.769. The van der Waals surface area contributed by atoms with Crippen LogP contribution in [-0.4, -0.2) is 39.4 Å². The van der Waals surface area contributed by atoms with Crippen LogP contribution in [0.15, 0.2) is 63.1 Å². The minimum atomic E-state index is -0.436. The van der Waals surface area contributed by atoms with E-state index < -0.39 is 6.04 Å². The Bertz CT molecular complexity index is 990. The Balaban J connectivity index is 1.53. The molecule has 27 heavy (non-hydrogen) atoms.